The van der Waals surface area contributed by atoms with Gasteiger partial charge in [-0.25, -0.2) is 13.1 Å². The molecule has 26 heavy (non-hydrogen) atoms. The van der Waals surface area contributed by atoms with Crippen LogP contribution in [-0.2, 0) is 16.6 Å². The number of sulfonamides is 1. The standard InChI is InChI=1S/C18H23N3O3S2/c1-13-7-8-19-12-17(13)21-18(22)14-4-2-6-16(10-14)26(23,24)20-11-15-5-3-9-25-15/h2-6,9-10,13,17,19-20H,7-8,11-12H2,1H3,(H,21,22). The first kappa shape index (κ1) is 19.0. The number of rotatable bonds is 6. The molecular weight excluding hydrogens is 370 g/mol. The van der Waals surface area contributed by atoms with E-state index in [2.05, 4.69) is 22.3 Å². The van der Waals surface area contributed by atoms with Gasteiger partial charge in [-0.05, 0) is 48.5 Å². The average Bonchev–Trinajstić information content (AvgIpc) is 3.16. The van der Waals surface area contributed by atoms with E-state index in [1.54, 1.807) is 12.1 Å². The Kier molecular flexibility index (Phi) is 6.08. The van der Waals surface area contributed by atoms with Gasteiger partial charge in [0.1, 0.15) is 0 Å². The Morgan fingerprint density at radius 2 is 2.15 bits per heavy atom. The molecule has 0 radical (unpaired) electrons. The topological polar surface area (TPSA) is 87.3 Å². The minimum atomic E-state index is -3.67. The Morgan fingerprint density at radius 1 is 1.31 bits per heavy atom. The molecule has 8 heteroatoms. The first-order valence-electron chi connectivity index (χ1n) is 8.59. The van der Waals surface area contributed by atoms with Crippen LogP contribution in [0.2, 0.25) is 0 Å². The Balaban J connectivity index is 1.69. The predicted octanol–water partition coefficient (Wildman–Crippen LogP) is 1.95. The zero-order valence-electron chi connectivity index (χ0n) is 14.6. The summed E-state index contributed by atoms with van der Waals surface area (Å²) in [5.41, 5.74) is 0.349. The first-order chi connectivity index (χ1) is 12.5. The van der Waals surface area contributed by atoms with E-state index >= 15 is 0 Å². The van der Waals surface area contributed by atoms with Crippen LogP contribution in [0.3, 0.4) is 0 Å². The second-order valence-electron chi connectivity index (χ2n) is 6.48. The van der Waals surface area contributed by atoms with Crippen LogP contribution < -0.4 is 15.4 Å². The lowest BCUT2D eigenvalue weighted by atomic mass is 9.94. The van der Waals surface area contributed by atoms with Crippen LogP contribution in [0.4, 0.5) is 0 Å². The summed E-state index contributed by atoms with van der Waals surface area (Å²) < 4.78 is 27.6. The third-order valence-electron chi connectivity index (χ3n) is 4.57. The predicted molar refractivity (Wildman–Crippen MR) is 103 cm³/mol. The summed E-state index contributed by atoms with van der Waals surface area (Å²) >= 11 is 1.49. The quantitative estimate of drug-likeness (QED) is 0.700. The van der Waals surface area contributed by atoms with Crippen molar-refractivity contribution in [2.75, 3.05) is 13.1 Å². The van der Waals surface area contributed by atoms with Gasteiger partial charge in [0, 0.05) is 29.6 Å². The average molecular weight is 394 g/mol. The van der Waals surface area contributed by atoms with Crippen molar-refractivity contribution in [2.24, 2.45) is 5.92 Å². The lowest BCUT2D eigenvalue weighted by Crippen LogP contribution is -2.50. The van der Waals surface area contributed by atoms with Gasteiger partial charge < -0.3 is 10.6 Å². The van der Waals surface area contributed by atoms with Gasteiger partial charge in [0.15, 0.2) is 0 Å². The third-order valence-corrected chi connectivity index (χ3v) is 6.84. The van der Waals surface area contributed by atoms with Gasteiger partial charge in [-0.2, -0.15) is 0 Å². The molecular formula is C18H23N3O3S2. The van der Waals surface area contributed by atoms with Crippen LogP contribution in [0, 0.1) is 5.92 Å². The molecule has 2 heterocycles. The fourth-order valence-corrected chi connectivity index (χ4v) is 4.69. The maximum atomic E-state index is 12.5. The monoisotopic (exact) mass is 393 g/mol. The summed E-state index contributed by atoms with van der Waals surface area (Å²) in [7, 11) is -3.67. The second-order valence-corrected chi connectivity index (χ2v) is 9.28. The maximum Gasteiger partial charge on any atom is 0.251 e. The van der Waals surface area contributed by atoms with E-state index in [-0.39, 0.29) is 23.4 Å². The van der Waals surface area contributed by atoms with E-state index in [4.69, 9.17) is 0 Å². The fraction of sp³-hybridized carbons (Fsp3) is 0.389. The number of hydrogen-bond acceptors (Lipinski definition) is 5. The van der Waals surface area contributed by atoms with Crippen LogP contribution in [0.25, 0.3) is 0 Å². The van der Waals surface area contributed by atoms with Gasteiger partial charge in [0.2, 0.25) is 10.0 Å². The number of thiophene rings is 1. The smallest absolute Gasteiger partial charge is 0.251 e. The fourth-order valence-electron chi connectivity index (χ4n) is 2.90. The van der Waals surface area contributed by atoms with Crippen molar-refractivity contribution in [3.05, 3.63) is 52.2 Å². The zero-order chi connectivity index (χ0) is 18.6. The molecule has 0 saturated carbocycles. The first-order valence-corrected chi connectivity index (χ1v) is 11.0. The number of benzene rings is 1. The molecule has 3 rings (SSSR count). The third kappa shape index (κ3) is 4.70. The molecule has 140 valence electrons. The zero-order valence-corrected chi connectivity index (χ0v) is 16.2. The molecule has 1 aliphatic rings. The SMILES string of the molecule is CC1CCNCC1NC(=O)c1cccc(S(=O)(=O)NCc2cccs2)c1. The molecule has 1 fully saturated rings. The Morgan fingerprint density at radius 3 is 2.88 bits per heavy atom. The van der Waals surface area contributed by atoms with Crippen LogP contribution in [-0.4, -0.2) is 33.5 Å². The highest BCUT2D eigenvalue weighted by Crippen LogP contribution is 2.16. The normalized spacial score (nSPS) is 20.7. The van der Waals surface area contributed by atoms with Gasteiger partial charge in [0.05, 0.1) is 4.90 Å². The highest BCUT2D eigenvalue weighted by atomic mass is 32.2. The van der Waals surface area contributed by atoms with Crippen molar-refractivity contribution < 1.29 is 13.2 Å². The van der Waals surface area contributed by atoms with Crippen LogP contribution in [0.1, 0.15) is 28.6 Å². The van der Waals surface area contributed by atoms with Gasteiger partial charge in [-0.3, -0.25) is 4.79 Å². The number of amides is 1. The molecule has 1 saturated heterocycles. The number of nitrogens with one attached hydrogen (secondary N) is 3. The molecule has 0 bridgehead atoms. The maximum absolute atomic E-state index is 12.5. The van der Waals surface area contributed by atoms with E-state index < -0.39 is 10.0 Å². The van der Waals surface area contributed by atoms with Crippen molar-refractivity contribution >= 4 is 27.3 Å². The molecule has 2 atom stereocenters. The van der Waals surface area contributed by atoms with E-state index in [0.717, 1.165) is 24.4 Å². The number of carbonyl (C=O) groups is 1. The second kappa shape index (κ2) is 8.30. The minimum Gasteiger partial charge on any atom is -0.348 e. The van der Waals surface area contributed by atoms with E-state index in [9.17, 15) is 13.2 Å². The molecule has 3 N–H and O–H groups in total. The summed E-state index contributed by atoms with van der Waals surface area (Å²) in [5, 5.41) is 8.17. The molecule has 6 nitrogen and oxygen atoms in total. The van der Waals surface area contributed by atoms with E-state index in [1.165, 1.54) is 23.5 Å². The summed E-state index contributed by atoms with van der Waals surface area (Å²) in [6.45, 7) is 4.04. The van der Waals surface area contributed by atoms with Crippen molar-refractivity contribution in [2.45, 2.75) is 30.8 Å². The molecule has 1 aliphatic heterocycles. The molecule has 0 spiro atoms. The molecule has 1 aromatic heterocycles. The van der Waals surface area contributed by atoms with Crippen molar-refractivity contribution in [3.8, 4) is 0 Å². The minimum absolute atomic E-state index is 0.0495. The van der Waals surface area contributed by atoms with Crippen molar-refractivity contribution in [1.82, 2.24) is 15.4 Å². The Bertz CT molecular complexity index is 850. The van der Waals surface area contributed by atoms with Crippen LogP contribution >= 0.6 is 11.3 Å². The van der Waals surface area contributed by atoms with E-state index in [1.807, 2.05) is 17.5 Å². The highest BCUT2D eigenvalue weighted by Gasteiger charge is 2.23. The van der Waals surface area contributed by atoms with Crippen LogP contribution in [0.5, 0.6) is 0 Å². The largest absolute Gasteiger partial charge is 0.348 e. The molecule has 1 aromatic carbocycles. The summed E-state index contributed by atoms with van der Waals surface area (Å²) in [5.74, 6) is 0.139. The van der Waals surface area contributed by atoms with Crippen molar-refractivity contribution in [1.29, 1.82) is 0 Å². The van der Waals surface area contributed by atoms with E-state index in [0.29, 0.717) is 11.5 Å². The molecule has 2 unspecified atom stereocenters. The summed E-state index contributed by atoms with van der Waals surface area (Å²) in [4.78, 5) is 13.6. The lowest BCUT2D eigenvalue weighted by Gasteiger charge is -2.30. The van der Waals surface area contributed by atoms with Crippen LogP contribution in [0.15, 0.2) is 46.7 Å². The number of piperidine rings is 1. The molecule has 0 aliphatic carbocycles. The van der Waals surface area contributed by atoms with Gasteiger partial charge in [-0.15, -0.1) is 11.3 Å². The highest BCUT2D eigenvalue weighted by molar-refractivity contribution is 7.89. The number of hydrogen-bond donors (Lipinski definition) is 3. The van der Waals surface area contributed by atoms with Crippen molar-refractivity contribution in [3.63, 3.8) is 0 Å². The van der Waals surface area contributed by atoms with Gasteiger partial charge >= 0.3 is 0 Å². The lowest BCUT2D eigenvalue weighted by molar-refractivity contribution is 0.0915. The summed E-state index contributed by atoms with van der Waals surface area (Å²) in [6, 6.07) is 9.95. The summed E-state index contributed by atoms with van der Waals surface area (Å²) in [6.07, 6.45) is 1.01. The number of carbonyl (C=O) groups excluding carboxylic acids is 1. The Labute approximate surface area is 158 Å². The van der Waals surface area contributed by atoms with Gasteiger partial charge in [0.25, 0.3) is 5.91 Å². The Hall–Kier alpha value is -1.74. The molecule has 2 aromatic rings. The molecule has 1 amide bonds. The van der Waals surface area contributed by atoms with Gasteiger partial charge in [-0.1, -0.05) is 19.1 Å².